The third-order valence-corrected chi connectivity index (χ3v) is 5.82. The maximum Gasteiger partial charge on any atom is 0.231 e. The fourth-order valence-electron chi connectivity index (χ4n) is 4.65. The molecule has 3 aliphatic rings. The van der Waals surface area contributed by atoms with E-state index in [4.69, 9.17) is 14.2 Å². The predicted molar refractivity (Wildman–Crippen MR) is 92.5 cm³/mol. The first-order chi connectivity index (χ1) is 12.2. The van der Waals surface area contributed by atoms with Gasteiger partial charge in [0.25, 0.3) is 0 Å². The molecule has 2 atom stereocenters. The first-order valence-corrected chi connectivity index (χ1v) is 8.72. The molecule has 0 bridgehead atoms. The second-order valence-electron chi connectivity index (χ2n) is 7.04. The summed E-state index contributed by atoms with van der Waals surface area (Å²) in [6.45, 7) is 4.40. The standard InChI is InChI=1S/C20H21NO4/c1-11-13-3-4-17-20(25-10-24-17)15(13)9-21-6-5-12-7-18(23-2)16(22)8-14(12)19(11)21/h3-4,7-8,11,19,22H,5-6,9-10H2,1-2H3/t11-,19+/m1/s1. The van der Waals surface area contributed by atoms with Gasteiger partial charge >= 0.3 is 0 Å². The third kappa shape index (κ3) is 2.05. The number of nitrogens with zero attached hydrogens (tertiary/aromatic N) is 1. The van der Waals surface area contributed by atoms with Crippen molar-refractivity contribution in [2.75, 3.05) is 20.4 Å². The zero-order chi connectivity index (χ0) is 17.1. The summed E-state index contributed by atoms with van der Waals surface area (Å²) in [5.74, 6) is 2.84. The van der Waals surface area contributed by atoms with E-state index in [1.54, 1.807) is 7.11 Å². The van der Waals surface area contributed by atoms with Crippen molar-refractivity contribution in [3.63, 3.8) is 0 Å². The number of hydrogen-bond acceptors (Lipinski definition) is 5. The Morgan fingerprint density at radius 2 is 2.08 bits per heavy atom. The number of aromatic hydroxyl groups is 1. The van der Waals surface area contributed by atoms with Gasteiger partial charge < -0.3 is 19.3 Å². The van der Waals surface area contributed by atoms with E-state index in [2.05, 4.69) is 17.9 Å². The third-order valence-electron chi connectivity index (χ3n) is 5.82. The lowest BCUT2D eigenvalue weighted by Crippen LogP contribution is -2.41. The number of methoxy groups -OCH3 is 1. The van der Waals surface area contributed by atoms with E-state index in [0.717, 1.165) is 31.0 Å². The largest absolute Gasteiger partial charge is 0.504 e. The Morgan fingerprint density at radius 1 is 1.20 bits per heavy atom. The van der Waals surface area contributed by atoms with Crippen LogP contribution < -0.4 is 14.2 Å². The lowest BCUT2D eigenvalue weighted by Gasteiger charge is -2.45. The highest BCUT2D eigenvalue weighted by atomic mass is 16.7. The van der Waals surface area contributed by atoms with Crippen molar-refractivity contribution in [3.05, 3.63) is 46.5 Å². The van der Waals surface area contributed by atoms with E-state index in [1.165, 1.54) is 22.3 Å². The Morgan fingerprint density at radius 3 is 2.92 bits per heavy atom. The van der Waals surface area contributed by atoms with Gasteiger partial charge in [-0.1, -0.05) is 13.0 Å². The molecular weight excluding hydrogens is 318 g/mol. The number of phenolic OH excluding ortho intramolecular Hbond substituents is 1. The van der Waals surface area contributed by atoms with E-state index in [1.807, 2.05) is 18.2 Å². The summed E-state index contributed by atoms with van der Waals surface area (Å²) in [5, 5.41) is 10.3. The van der Waals surface area contributed by atoms with Crippen molar-refractivity contribution in [3.8, 4) is 23.0 Å². The Bertz CT molecular complexity index is 863. The quantitative estimate of drug-likeness (QED) is 0.863. The van der Waals surface area contributed by atoms with E-state index < -0.39 is 0 Å². The van der Waals surface area contributed by atoms with Crippen LogP contribution in [-0.2, 0) is 13.0 Å². The van der Waals surface area contributed by atoms with Gasteiger partial charge in [-0.3, -0.25) is 4.90 Å². The second-order valence-corrected chi connectivity index (χ2v) is 7.04. The van der Waals surface area contributed by atoms with Gasteiger partial charge in [0, 0.05) is 30.6 Å². The molecule has 0 saturated carbocycles. The van der Waals surface area contributed by atoms with Crippen LogP contribution >= 0.6 is 0 Å². The summed E-state index contributed by atoms with van der Waals surface area (Å²) < 4.78 is 16.6. The van der Waals surface area contributed by atoms with Gasteiger partial charge in [-0.15, -0.1) is 0 Å². The maximum atomic E-state index is 10.3. The first kappa shape index (κ1) is 14.9. The Balaban J connectivity index is 1.62. The molecule has 2 aromatic carbocycles. The predicted octanol–water partition coefficient (Wildman–Crippen LogP) is 3.35. The average Bonchev–Trinajstić information content (AvgIpc) is 3.10. The summed E-state index contributed by atoms with van der Waals surface area (Å²) in [7, 11) is 1.60. The smallest absolute Gasteiger partial charge is 0.231 e. The molecule has 5 rings (SSSR count). The maximum absolute atomic E-state index is 10.3. The fraction of sp³-hybridized carbons (Fsp3) is 0.400. The lowest BCUT2D eigenvalue weighted by atomic mass is 9.77. The molecular formula is C20H21NO4. The highest BCUT2D eigenvalue weighted by Crippen LogP contribution is 2.51. The van der Waals surface area contributed by atoms with Gasteiger partial charge in [0.15, 0.2) is 23.0 Å². The summed E-state index contributed by atoms with van der Waals surface area (Å²) >= 11 is 0. The molecule has 0 radical (unpaired) electrons. The molecule has 0 fully saturated rings. The van der Waals surface area contributed by atoms with Gasteiger partial charge in [-0.2, -0.15) is 0 Å². The van der Waals surface area contributed by atoms with Crippen molar-refractivity contribution >= 4 is 0 Å². The van der Waals surface area contributed by atoms with Gasteiger partial charge in [-0.25, -0.2) is 0 Å². The molecule has 5 heteroatoms. The Hall–Kier alpha value is -2.40. The summed E-state index contributed by atoms with van der Waals surface area (Å²) in [6.07, 6.45) is 0.955. The van der Waals surface area contributed by atoms with Crippen LogP contribution in [0.4, 0.5) is 0 Å². The molecule has 0 spiro atoms. The van der Waals surface area contributed by atoms with Crippen molar-refractivity contribution in [1.29, 1.82) is 0 Å². The van der Waals surface area contributed by atoms with E-state index in [0.29, 0.717) is 18.5 Å². The topological polar surface area (TPSA) is 51.2 Å². The van der Waals surface area contributed by atoms with E-state index in [9.17, 15) is 5.11 Å². The van der Waals surface area contributed by atoms with Crippen molar-refractivity contribution in [2.45, 2.75) is 31.8 Å². The minimum absolute atomic E-state index is 0.215. The van der Waals surface area contributed by atoms with Gasteiger partial charge in [0.2, 0.25) is 6.79 Å². The van der Waals surface area contributed by atoms with Crippen molar-refractivity contribution < 1.29 is 19.3 Å². The molecule has 3 heterocycles. The van der Waals surface area contributed by atoms with Gasteiger partial charge in [0.05, 0.1) is 7.11 Å². The van der Waals surface area contributed by atoms with Crippen LogP contribution in [0.3, 0.4) is 0 Å². The van der Waals surface area contributed by atoms with Crippen molar-refractivity contribution in [1.82, 2.24) is 4.90 Å². The van der Waals surface area contributed by atoms with Gasteiger partial charge in [-0.05, 0) is 41.3 Å². The Labute approximate surface area is 146 Å². The lowest BCUT2D eigenvalue weighted by molar-refractivity contribution is 0.133. The molecule has 1 N–H and O–H groups in total. The second kappa shape index (κ2) is 5.30. The zero-order valence-electron chi connectivity index (χ0n) is 14.4. The molecule has 0 amide bonds. The SMILES string of the molecule is COc1cc2c(cc1O)[C@@H]1[C@H](C)c3ccc4c(c3CN1CC2)OCO4. The molecule has 5 nitrogen and oxygen atoms in total. The minimum atomic E-state index is 0.215. The minimum Gasteiger partial charge on any atom is -0.504 e. The molecule has 25 heavy (non-hydrogen) atoms. The van der Waals surface area contributed by atoms with Crippen molar-refractivity contribution in [2.24, 2.45) is 0 Å². The van der Waals surface area contributed by atoms with Crippen LogP contribution in [0.2, 0.25) is 0 Å². The normalized spacial score (nSPS) is 23.6. The van der Waals surface area contributed by atoms with Crippen LogP contribution in [0.15, 0.2) is 24.3 Å². The first-order valence-electron chi connectivity index (χ1n) is 8.72. The van der Waals surface area contributed by atoms with Crippen LogP contribution in [0.1, 0.15) is 41.1 Å². The summed E-state index contributed by atoms with van der Waals surface area (Å²) in [5.41, 5.74) is 5.04. The molecule has 130 valence electrons. The number of phenols is 1. The number of fused-ring (bicyclic) bond motifs is 6. The Kier molecular flexibility index (Phi) is 3.16. The molecule has 2 aromatic rings. The zero-order valence-corrected chi connectivity index (χ0v) is 14.4. The monoisotopic (exact) mass is 339 g/mol. The molecule has 0 aromatic heterocycles. The van der Waals surface area contributed by atoms with Crippen LogP contribution in [0, 0.1) is 0 Å². The number of rotatable bonds is 1. The number of benzene rings is 2. The molecule has 3 aliphatic heterocycles. The molecule has 0 unspecified atom stereocenters. The molecule has 0 aliphatic carbocycles. The number of hydrogen-bond donors (Lipinski definition) is 1. The van der Waals surface area contributed by atoms with E-state index >= 15 is 0 Å². The van der Waals surface area contributed by atoms with Gasteiger partial charge in [0.1, 0.15) is 0 Å². The fourth-order valence-corrected chi connectivity index (χ4v) is 4.65. The highest BCUT2D eigenvalue weighted by Gasteiger charge is 2.39. The van der Waals surface area contributed by atoms with Crippen LogP contribution in [0.5, 0.6) is 23.0 Å². The van der Waals surface area contributed by atoms with E-state index in [-0.39, 0.29) is 11.8 Å². The molecule has 0 saturated heterocycles. The van der Waals surface area contributed by atoms with Crippen LogP contribution in [-0.4, -0.2) is 30.5 Å². The highest BCUT2D eigenvalue weighted by molar-refractivity contribution is 5.56. The number of ether oxygens (including phenoxy) is 3. The average molecular weight is 339 g/mol. The summed E-state index contributed by atoms with van der Waals surface area (Å²) in [4.78, 5) is 2.49. The van der Waals surface area contributed by atoms with Crippen LogP contribution in [0.25, 0.3) is 0 Å². The summed E-state index contributed by atoms with van der Waals surface area (Å²) in [6, 6.07) is 8.32.